The van der Waals surface area contributed by atoms with Crippen molar-refractivity contribution in [3.05, 3.63) is 59.7 Å². The summed E-state index contributed by atoms with van der Waals surface area (Å²) in [6.07, 6.45) is 0. The van der Waals surface area contributed by atoms with Gasteiger partial charge in [0.1, 0.15) is 6.07 Å². The van der Waals surface area contributed by atoms with Crippen LogP contribution in [0, 0.1) is 11.3 Å². The van der Waals surface area contributed by atoms with Crippen LogP contribution in [0.4, 0.5) is 0 Å². The van der Waals surface area contributed by atoms with Crippen LogP contribution in [-0.2, 0) is 0 Å². The fourth-order valence-corrected chi connectivity index (χ4v) is 3.72. The lowest BCUT2D eigenvalue weighted by atomic mass is 10.1. The third kappa shape index (κ3) is 3.98. The van der Waals surface area contributed by atoms with Crippen molar-refractivity contribution in [3.8, 4) is 6.07 Å². The zero-order valence-corrected chi connectivity index (χ0v) is 15.3. The zero-order valence-electron chi connectivity index (χ0n) is 14.5. The molecule has 2 aromatic carbocycles. The fourth-order valence-electron chi connectivity index (χ4n) is 2.70. The average Bonchev–Trinajstić information content (AvgIpc) is 2.55. The molecule has 124 valence electrons. The van der Waals surface area contributed by atoms with Gasteiger partial charge in [-0.25, -0.2) is 0 Å². The summed E-state index contributed by atoms with van der Waals surface area (Å²) in [5.74, 6) is 0.0255. The summed E-state index contributed by atoms with van der Waals surface area (Å²) in [7, 11) is 0. The van der Waals surface area contributed by atoms with Gasteiger partial charge in [-0.3, -0.25) is 4.79 Å². The van der Waals surface area contributed by atoms with Gasteiger partial charge >= 0.3 is 0 Å². The molecular formula is C20H22N2OS. The molecule has 3 nitrogen and oxygen atoms in total. The maximum atomic E-state index is 13.0. The minimum absolute atomic E-state index is 0.0255. The largest absolute Gasteiger partial charge is 0.334 e. The van der Waals surface area contributed by atoms with E-state index in [-0.39, 0.29) is 18.0 Å². The molecule has 24 heavy (non-hydrogen) atoms. The highest BCUT2D eigenvalue weighted by Crippen LogP contribution is 2.33. The molecule has 0 bridgehead atoms. The van der Waals surface area contributed by atoms with E-state index in [4.69, 9.17) is 0 Å². The van der Waals surface area contributed by atoms with Crippen molar-refractivity contribution in [2.45, 2.75) is 49.6 Å². The first kappa shape index (κ1) is 18.1. The number of hydrogen-bond donors (Lipinski definition) is 0. The highest BCUT2D eigenvalue weighted by atomic mass is 32.2. The van der Waals surface area contributed by atoms with Gasteiger partial charge < -0.3 is 4.90 Å². The molecule has 0 aliphatic rings. The normalized spacial score (nSPS) is 10.7. The Kier molecular flexibility index (Phi) is 6.05. The van der Waals surface area contributed by atoms with Crippen molar-refractivity contribution in [1.29, 1.82) is 5.26 Å². The molecule has 0 unspecified atom stereocenters. The molecule has 0 aliphatic carbocycles. The van der Waals surface area contributed by atoms with Crippen molar-refractivity contribution >= 4 is 17.7 Å². The van der Waals surface area contributed by atoms with E-state index >= 15 is 0 Å². The molecule has 0 radical (unpaired) electrons. The van der Waals surface area contributed by atoms with Crippen molar-refractivity contribution in [3.63, 3.8) is 0 Å². The van der Waals surface area contributed by atoms with E-state index in [1.54, 1.807) is 6.07 Å². The van der Waals surface area contributed by atoms with Crippen LogP contribution in [0.25, 0.3) is 0 Å². The van der Waals surface area contributed by atoms with Crippen molar-refractivity contribution in [2.75, 3.05) is 0 Å². The molecule has 0 heterocycles. The van der Waals surface area contributed by atoms with Gasteiger partial charge in [0, 0.05) is 21.9 Å². The topological polar surface area (TPSA) is 44.1 Å². The Bertz CT molecular complexity index is 754. The molecule has 0 fully saturated rings. The van der Waals surface area contributed by atoms with Crippen molar-refractivity contribution in [1.82, 2.24) is 4.90 Å². The summed E-state index contributed by atoms with van der Waals surface area (Å²) < 4.78 is 0. The number of amides is 1. The molecule has 1 amide bonds. The number of hydrogen-bond acceptors (Lipinski definition) is 3. The van der Waals surface area contributed by atoms with E-state index in [0.717, 1.165) is 9.79 Å². The highest BCUT2D eigenvalue weighted by Gasteiger charge is 2.24. The monoisotopic (exact) mass is 338 g/mol. The maximum Gasteiger partial charge on any atom is 0.255 e. The van der Waals surface area contributed by atoms with Crippen LogP contribution in [0.1, 0.15) is 43.6 Å². The first-order valence-corrected chi connectivity index (χ1v) is 8.86. The number of nitrogens with zero attached hydrogens (tertiary/aromatic N) is 2. The summed E-state index contributed by atoms with van der Waals surface area (Å²) in [4.78, 5) is 16.7. The van der Waals surface area contributed by atoms with Crippen LogP contribution < -0.4 is 0 Å². The predicted molar refractivity (Wildman–Crippen MR) is 98.2 cm³/mol. The minimum atomic E-state index is 0.0255. The first-order valence-electron chi connectivity index (χ1n) is 8.04. The lowest BCUT2D eigenvalue weighted by molar-refractivity contribution is 0.0640. The van der Waals surface area contributed by atoms with Gasteiger partial charge in [-0.15, -0.1) is 0 Å². The zero-order chi connectivity index (χ0) is 17.7. The predicted octanol–water partition coefficient (Wildman–Crippen LogP) is 4.97. The minimum Gasteiger partial charge on any atom is -0.334 e. The van der Waals surface area contributed by atoms with Crippen LogP contribution in [0.3, 0.4) is 0 Å². The number of carbonyl (C=O) groups is 1. The standard InChI is InChI=1S/C20H22N2OS/c1-14(2)22(15(3)4)20(23)17-10-6-8-12-19(17)24-18-11-7-5-9-16(18)13-21/h5-12,14-15H,1-4H3. The van der Waals surface area contributed by atoms with E-state index in [0.29, 0.717) is 11.1 Å². The van der Waals surface area contributed by atoms with E-state index in [9.17, 15) is 10.1 Å². The van der Waals surface area contributed by atoms with Gasteiger partial charge in [-0.05, 0) is 52.0 Å². The molecule has 0 N–H and O–H groups in total. The van der Waals surface area contributed by atoms with Gasteiger partial charge in [0.15, 0.2) is 0 Å². The lowest BCUT2D eigenvalue weighted by Crippen LogP contribution is -2.42. The quantitative estimate of drug-likeness (QED) is 0.773. The molecule has 0 saturated carbocycles. The smallest absolute Gasteiger partial charge is 0.255 e. The average molecular weight is 338 g/mol. The van der Waals surface area contributed by atoms with Crippen LogP contribution in [-0.4, -0.2) is 22.9 Å². The molecule has 0 saturated heterocycles. The van der Waals surface area contributed by atoms with Gasteiger partial charge in [-0.2, -0.15) is 5.26 Å². The number of nitriles is 1. The fraction of sp³-hybridized carbons (Fsp3) is 0.300. The second-order valence-corrected chi connectivity index (χ2v) is 7.19. The molecule has 4 heteroatoms. The van der Waals surface area contributed by atoms with Crippen LogP contribution in [0.2, 0.25) is 0 Å². The Balaban J connectivity index is 2.41. The summed E-state index contributed by atoms with van der Waals surface area (Å²) in [5.41, 5.74) is 1.30. The third-order valence-corrected chi connectivity index (χ3v) is 4.84. The van der Waals surface area contributed by atoms with Gasteiger partial charge in [-0.1, -0.05) is 36.0 Å². The Morgan fingerprint density at radius 3 is 2.08 bits per heavy atom. The molecule has 2 aromatic rings. The molecule has 0 aliphatic heterocycles. The van der Waals surface area contributed by atoms with E-state index in [2.05, 4.69) is 6.07 Å². The first-order chi connectivity index (χ1) is 11.5. The molecule has 0 aromatic heterocycles. The second kappa shape index (κ2) is 8.03. The van der Waals surface area contributed by atoms with E-state index in [1.165, 1.54) is 11.8 Å². The number of carbonyl (C=O) groups excluding carboxylic acids is 1. The Hall–Kier alpha value is -2.25. The highest BCUT2D eigenvalue weighted by molar-refractivity contribution is 7.99. The summed E-state index contributed by atoms with van der Waals surface area (Å²) in [6, 6.07) is 17.5. The molecule has 0 atom stereocenters. The Morgan fingerprint density at radius 2 is 1.50 bits per heavy atom. The molecule has 0 spiro atoms. The van der Waals surface area contributed by atoms with Crippen LogP contribution in [0.5, 0.6) is 0 Å². The lowest BCUT2D eigenvalue weighted by Gasteiger charge is -2.31. The second-order valence-electron chi connectivity index (χ2n) is 6.11. The van der Waals surface area contributed by atoms with Crippen molar-refractivity contribution < 1.29 is 4.79 Å². The maximum absolute atomic E-state index is 13.0. The van der Waals surface area contributed by atoms with Crippen molar-refractivity contribution in [2.24, 2.45) is 0 Å². The molecular weight excluding hydrogens is 316 g/mol. The Labute approximate surface area is 148 Å². The number of benzene rings is 2. The van der Waals surface area contributed by atoms with Gasteiger partial charge in [0.05, 0.1) is 11.1 Å². The van der Waals surface area contributed by atoms with E-state index in [1.807, 2.05) is 75.1 Å². The summed E-state index contributed by atoms with van der Waals surface area (Å²) >= 11 is 1.46. The molecule has 2 rings (SSSR count). The summed E-state index contributed by atoms with van der Waals surface area (Å²) in [5, 5.41) is 9.27. The van der Waals surface area contributed by atoms with E-state index < -0.39 is 0 Å². The third-order valence-electron chi connectivity index (χ3n) is 3.69. The number of rotatable bonds is 5. The Morgan fingerprint density at radius 1 is 0.958 bits per heavy atom. The van der Waals surface area contributed by atoms with Crippen LogP contribution in [0.15, 0.2) is 58.3 Å². The van der Waals surface area contributed by atoms with Gasteiger partial charge in [0.2, 0.25) is 0 Å². The SMILES string of the molecule is CC(C)N(C(=O)c1ccccc1Sc1ccccc1C#N)C(C)C. The van der Waals surface area contributed by atoms with Gasteiger partial charge in [0.25, 0.3) is 5.91 Å². The van der Waals surface area contributed by atoms with Crippen LogP contribution >= 0.6 is 11.8 Å². The summed E-state index contributed by atoms with van der Waals surface area (Å²) in [6.45, 7) is 8.11.